The second-order valence-corrected chi connectivity index (χ2v) is 2.33. The summed E-state index contributed by atoms with van der Waals surface area (Å²) in [6.07, 6.45) is 3.52. The van der Waals surface area contributed by atoms with Crippen LogP contribution in [-0.2, 0) is 0 Å². The number of hydrogen-bond donors (Lipinski definition) is 2. The minimum atomic E-state index is -0.786. The third-order valence-electron chi connectivity index (χ3n) is 1.55. The van der Waals surface area contributed by atoms with Gasteiger partial charge in [-0.3, -0.25) is 5.10 Å². The van der Waals surface area contributed by atoms with Gasteiger partial charge in [-0.25, -0.2) is 4.98 Å². The third-order valence-corrected chi connectivity index (χ3v) is 1.55. The molecule has 0 aliphatic carbocycles. The van der Waals surface area contributed by atoms with Crippen LogP contribution in [0.25, 0.3) is 0 Å². The molecule has 5 heteroatoms. The summed E-state index contributed by atoms with van der Waals surface area (Å²) in [5.74, 6) is 0.413. The number of aliphatic hydroxyl groups is 1. The highest BCUT2D eigenvalue weighted by Crippen LogP contribution is 2.17. The van der Waals surface area contributed by atoms with E-state index in [9.17, 15) is 5.11 Å². The summed E-state index contributed by atoms with van der Waals surface area (Å²) in [6, 6.07) is 1.67. The van der Waals surface area contributed by atoms with Gasteiger partial charge in [0.2, 0.25) is 0 Å². The Labute approximate surface area is 68.1 Å². The van der Waals surface area contributed by atoms with Crippen LogP contribution in [0.2, 0.25) is 0 Å². The van der Waals surface area contributed by atoms with Crippen molar-refractivity contribution in [3.8, 4) is 0 Å². The minimum Gasteiger partial charge on any atom is -0.472 e. The van der Waals surface area contributed by atoms with E-state index in [-0.39, 0.29) is 0 Å². The van der Waals surface area contributed by atoms with E-state index in [1.54, 1.807) is 6.07 Å². The number of aromatic nitrogens is 3. The van der Waals surface area contributed by atoms with Crippen molar-refractivity contribution in [2.24, 2.45) is 0 Å². The molecule has 2 heterocycles. The monoisotopic (exact) mass is 165 g/mol. The molecule has 0 aliphatic rings. The van der Waals surface area contributed by atoms with Gasteiger partial charge in [0.25, 0.3) is 0 Å². The van der Waals surface area contributed by atoms with Crippen LogP contribution in [0, 0.1) is 0 Å². The minimum absolute atomic E-state index is 0.413. The largest absolute Gasteiger partial charge is 0.472 e. The predicted molar refractivity (Wildman–Crippen MR) is 39.2 cm³/mol. The van der Waals surface area contributed by atoms with Crippen molar-refractivity contribution in [2.75, 3.05) is 0 Å². The van der Waals surface area contributed by atoms with Crippen LogP contribution < -0.4 is 0 Å². The number of furan rings is 1. The van der Waals surface area contributed by atoms with Crippen LogP contribution in [0.4, 0.5) is 0 Å². The zero-order valence-corrected chi connectivity index (χ0v) is 6.14. The van der Waals surface area contributed by atoms with Crippen LogP contribution in [-0.4, -0.2) is 20.3 Å². The lowest BCUT2D eigenvalue weighted by atomic mass is 10.2. The predicted octanol–water partition coefficient (Wildman–Crippen LogP) is 0.479. The lowest BCUT2D eigenvalue weighted by molar-refractivity contribution is 0.209. The normalized spacial score (nSPS) is 13.1. The van der Waals surface area contributed by atoms with E-state index < -0.39 is 6.10 Å². The lowest BCUT2D eigenvalue weighted by Crippen LogP contribution is -2.00. The highest BCUT2D eigenvalue weighted by atomic mass is 16.3. The zero-order valence-electron chi connectivity index (χ0n) is 6.14. The molecular weight excluding hydrogens is 158 g/mol. The van der Waals surface area contributed by atoms with Gasteiger partial charge in [0.15, 0.2) is 5.82 Å². The van der Waals surface area contributed by atoms with Crippen LogP contribution >= 0.6 is 0 Å². The van der Waals surface area contributed by atoms with Crippen molar-refractivity contribution in [3.05, 3.63) is 36.3 Å². The van der Waals surface area contributed by atoms with Crippen LogP contribution in [0.5, 0.6) is 0 Å². The maximum absolute atomic E-state index is 9.58. The number of H-pyrrole nitrogens is 1. The smallest absolute Gasteiger partial charge is 0.157 e. The number of rotatable bonds is 2. The summed E-state index contributed by atoms with van der Waals surface area (Å²) in [7, 11) is 0. The highest BCUT2D eigenvalue weighted by molar-refractivity contribution is 5.15. The molecule has 2 aromatic heterocycles. The second-order valence-electron chi connectivity index (χ2n) is 2.33. The van der Waals surface area contributed by atoms with Crippen molar-refractivity contribution in [3.63, 3.8) is 0 Å². The molecule has 0 amide bonds. The molecule has 0 fully saturated rings. The molecule has 0 radical (unpaired) electrons. The summed E-state index contributed by atoms with van der Waals surface area (Å²) in [4.78, 5) is 3.81. The highest BCUT2D eigenvalue weighted by Gasteiger charge is 2.13. The quantitative estimate of drug-likeness (QED) is 0.678. The van der Waals surface area contributed by atoms with Crippen molar-refractivity contribution >= 4 is 0 Å². The second kappa shape index (κ2) is 2.78. The van der Waals surface area contributed by atoms with Crippen LogP contribution in [0.3, 0.4) is 0 Å². The maximum Gasteiger partial charge on any atom is 0.157 e. The molecule has 5 nitrogen and oxygen atoms in total. The molecule has 1 unspecified atom stereocenters. The molecule has 2 aromatic rings. The molecule has 12 heavy (non-hydrogen) atoms. The third kappa shape index (κ3) is 1.10. The van der Waals surface area contributed by atoms with E-state index in [1.807, 2.05) is 0 Å². The van der Waals surface area contributed by atoms with Gasteiger partial charge in [-0.2, -0.15) is 5.10 Å². The summed E-state index contributed by atoms with van der Waals surface area (Å²) in [5, 5.41) is 15.8. The van der Waals surface area contributed by atoms with Gasteiger partial charge in [-0.15, -0.1) is 0 Å². The summed E-state index contributed by atoms with van der Waals surface area (Å²) < 4.78 is 4.81. The first-order chi connectivity index (χ1) is 5.88. The maximum atomic E-state index is 9.58. The van der Waals surface area contributed by atoms with Gasteiger partial charge >= 0.3 is 0 Å². The molecule has 0 saturated carbocycles. The molecule has 0 saturated heterocycles. The van der Waals surface area contributed by atoms with Crippen molar-refractivity contribution in [1.82, 2.24) is 15.2 Å². The number of aliphatic hydroxyl groups excluding tert-OH is 1. The van der Waals surface area contributed by atoms with E-state index in [0.717, 1.165) is 0 Å². The fourth-order valence-corrected chi connectivity index (χ4v) is 0.935. The van der Waals surface area contributed by atoms with E-state index >= 15 is 0 Å². The lowest BCUT2D eigenvalue weighted by Gasteiger charge is -2.01. The molecule has 0 bridgehead atoms. The molecule has 62 valence electrons. The molecule has 0 aliphatic heterocycles. The van der Waals surface area contributed by atoms with Gasteiger partial charge in [-0.05, 0) is 6.07 Å². The van der Waals surface area contributed by atoms with Crippen molar-refractivity contribution in [2.45, 2.75) is 6.10 Å². The molecule has 0 spiro atoms. The topological polar surface area (TPSA) is 74.9 Å². The molecule has 2 rings (SSSR count). The summed E-state index contributed by atoms with van der Waals surface area (Å²) in [5.41, 5.74) is 0.659. The fraction of sp³-hybridized carbons (Fsp3) is 0.143. The molecule has 2 N–H and O–H groups in total. The Morgan fingerprint density at radius 2 is 2.50 bits per heavy atom. The fourth-order valence-electron chi connectivity index (χ4n) is 0.935. The average molecular weight is 165 g/mol. The standard InChI is InChI=1S/C7H7N3O2/c11-6(5-1-2-12-3-5)7-8-4-9-10-7/h1-4,6,11H,(H,8,9,10). The number of aromatic amines is 1. The number of hydrogen-bond acceptors (Lipinski definition) is 4. The van der Waals surface area contributed by atoms with Crippen molar-refractivity contribution in [1.29, 1.82) is 0 Å². The summed E-state index contributed by atoms with van der Waals surface area (Å²) >= 11 is 0. The SMILES string of the molecule is OC(c1ccoc1)c1ncn[nH]1. The Morgan fingerprint density at radius 3 is 3.08 bits per heavy atom. The first-order valence-corrected chi connectivity index (χ1v) is 3.43. The summed E-state index contributed by atoms with van der Waals surface area (Å²) in [6.45, 7) is 0. The first-order valence-electron chi connectivity index (χ1n) is 3.43. The molecular formula is C7H7N3O2. The Hall–Kier alpha value is -1.62. The van der Waals surface area contributed by atoms with Crippen LogP contribution in [0.1, 0.15) is 17.5 Å². The molecule has 1 atom stereocenters. The Balaban J connectivity index is 2.27. The van der Waals surface area contributed by atoms with E-state index in [1.165, 1.54) is 18.9 Å². The van der Waals surface area contributed by atoms with Gasteiger partial charge in [0.1, 0.15) is 12.4 Å². The average Bonchev–Trinajstić information content (AvgIpc) is 2.77. The van der Waals surface area contributed by atoms with Crippen LogP contribution in [0.15, 0.2) is 29.3 Å². The van der Waals surface area contributed by atoms with Gasteiger partial charge in [-0.1, -0.05) is 0 Å². The Morgan fingerprint density at radius 1 is 1.58 bits per heavy atom. The van der Waals surface area contributed by atoms with Gasteiger partial charge in [0, 0.05) is 5.56 Å². The van der Waals surface area contributed by atoms with E-state index in [2.05, 4.69) is 15.2 Å². The number of nitrogens with zero attached hydrogens (tertiary/aromatic N) is 2. The zero-order chi connectivity index (χ0) is 8.39. The van der Waals surface area contributed by atoms with E-state index in [0.29, 0.717) is 11.4 Å². The molecule has 0 aromatic carbocycles. The first kappa shape index (κ1) is 7.05. The Kier molecular flexibility index (Phi) is 1.64. The Bertz CT molecular complexity index is 293. The van der Waals surface area contributed by atoms with Gasteiger partial charge < -0.3 is 9.52 Å². The number of nitrogens with one attached hydrogen (secondary N) is 1. The van der Waals surface area contributed by atoms with E-state index in [4.69, 9.17) is 4.42 Å². The van der Waals surface area contributed by atoms with Crippen molar-refractivity contribution < 1.29 is 9.52 Å². The van der Waals surface area contributed by atoms with Gasteiger partial charge in [0.05, 0.1) is 12.5 Å².